The zero-order valence-electron chi connectivity index (χ0n) is 17.6. The number of H-pyrrole nitrogens is 1. The number of aromatic amines is 1. The number of halogens is 1. The number of aliphatic imine (C=N–C) groups is 1. The Morgan fingerprint density at radius 3 is 2.69 bits per heavy atom. The van der Waals surface area contributed by atoms with Crippen molar-refractivity contribution in [2.45, 2.75) is 6.54 Å². The number of phenolic OH excluding ortho intramolecular Hbond substituents is 1. The van der Waals surface area contributed by atoms with Crippen LogP contribution in [0.25, 0.3) is 10.8 Å². The van der Waals surface area contributed by atoms with Crippen LogP contribution in [0, 0.1) is 3.57 Å². The van der Waals surface area contributed by atoms with Crippen LogP contribution in [-0.2, 0) is 11.3 Å². The van der Waals surface area contributed by atoms with Crippen molar-refractivity contribution in [2.24, 2.45) is 4.99 Å². The number of amides is 1. The van der Waals surface area contributed by atoms with E-state index in [0.717, 1.165) is 3.57 Å². The number of aromatic hydroxyl groups is 2. The van der Waals surface area contributed by atoms with Crippen molar-refractivity contribution in [1.29, 1.82) is 0 Å². The maximum absolute atomic E-state index is 12.1. The molecule has 9 heteroatoms. The molecule has 1 aromatic heterocycles. The highest BCUT2D eigenvalue weighted by Crippen LogP contribution is 2.25. The number of nitrogens with zero attached hydrogens (tertiary/aromatic N) is 2. The van der Waals surface area contributed by atoms with Crippen LogP contribution in [0.5, 0.6) is 11.6 Å². The van der Waals surface area contributed by atoms with Crippen LogP contribution < -0.4 is 10.9 Å². The van der Waals surface area contributed by atoms with Crippen molar-refractivity contribution in [2.75, 3.05) is 26.0 Å². The lowest BCUT2D eigenvalue weighted by Crippen LogP contribution is -2.13. The molecule has 0 fully saturated rings. The van der Waals surface area contributed by atoms with Gasteiger partial charge >= 0.3 is 0 Å². The summed E-state index contributed by atoms with van der Waals surface area (Å²) in [5, 5.41) is 24.1. The fraction of sp³-hybridized carbons (Fsp3) is 0.174. The minimum Gasteiger partial charge on any atom is -0.506 e. The largest absolute Gasteiger partial charge is 0.506 e. The van der Waals surface area contributed by atoms with Gasteiger partial charge in [-0.25, -0.2) is 0 Å². The SMILES string of the molecule is CN(C)CC=CC(=O)Nc1ccc(CN=Cc2c(O)[nH]c(=O)c3ccc(I)cc23)cc1O. The minimum absolute atomic E-state index is 0.0704. The van der Waals surface area contributed by atoms with Crippen molar-refractivity contribution in [3.05, 3.63) is 73.6 Å². The molecule has 0 aliphatic heterocycles. The summed E-state index contributed by atoms with van der Waals surface area (Å²) in [7, 11) is 3.80. The summed E-state index contributed by atoms with van der Waals surface area (Å²) in [4.78, 5) is 32.7. The molecular formula is C23H23IN4O4. The van der Waals surface area contributed by atoms with Gasteiger partial charge < -0.3 is 20.4 Å². The van der Waals surface area contributed by atoms with E-state index in [1.165, 1.54) is 18.4 Å². The number of hydrogen-bond acceptors (Lipinski definition) is 6. The number of carbonyl (C=O) groups is 1. The first-order valence-corrected chi connectivity index (χ1v) is 10.8. The third kappa shape index (κ3) is 5.95. The number of carbonyl (C=O) groups excluding carboxylic acids is 1. The highest BCUT2D eigenvalue weighted by atomic mass is 127. The van der Waals surface area contributed by atoms with Gasteiger partial charge in [-0.2, -0.15) is 0 Å². The summed E-state index contributed by atoms with van der Waals surface area (Å²) in [5.74, 6) is -0.654. The number of rotatable bonds is 7. The lowest BCUT2D eigenvalue weighted by Gasteiger charge is -2.08. The second-order valence-corrected chi connectivity index (χ2v) is 8.63. The van der Waals surface area contributed by atoms with E-state index in [1.54, 1.807) is 24.3 Å². The Morgan fingerprint density at radius 1 is 1.19 bits per heavy atom. The van der Waals surface area contributed by atoms with Crippen molar-refractivity contribution in [3.8, 4) is 11.6 Å². The van der Waals surface area contributed by atoms with E-state index in [-0.39, 0.29) is 29.6 Å². The molecule has 0 atom stereocenters. The van der Waals surface area contributed by atoms with Crippen molar-refractivity contribution < 1.29 is 15.0 Å². The van der Waals surface area contributed by atoms with Gasteiger partial charge in [0, 0.05) is 33.2 Å². The predicted octanol–water partition coefficient (Wildman–Crippen LogP) is 3.22. The first-order valence-electron chi connectivity index (χ1n) is 9.73. The maximum atomic E-state index is 12.1. The Bertz CT molecular complexity index is 1260. The van der Waals surface area contributed by atoms with E-state index < -0.39 is 0 Å². The van der Waals surface area contributed by atoms with E-state index in [4.69, 9.17) is 0 Å². The van der Waals surface area contributed by atoms with Gasteiger partial charge in [0.25, 0.3) is 5.56 Å². The number of pyridine rings is 1. The van der Waals surface area contributed by atoms with Crippen LogP contribution in [0.4, 0.5) is 5.69 Å². The second-order valence-electron chi connectivity index (χ2n) is 7.38. The first-order chi connectivity index (χ1) is 15.2. The number of hydrogen-bond donors (Lipinski definition) is 4. The molecule has 1 amide bonds. The van der Waals surface area contributed by atoms with Gasteiger partial charge in [-0.15, -0.1) is 0 Å². The second kappa shape index (κ2) is 10.4. The average Bonchev–Trinajstić information content (AvgIpc) is 2.71. The van der Waals surface area contributed by atoms with E-state index in [0.29, 0.717) is 34.1 Å². The van der Waals surface area contributed by atoms with E-state index in [2.05, 4.69) is 37.9 Å². The lowest BCUT2D eigenvalue weighted by molar-refractivity contribution is -0.111. The molecule has 0 aliphatic rings. The molecule has 3 rings (SSSR count). The van der Waals surface area contributed by atoms with E-state index in [1.807, 2.05) is 31.1 Å². The quantitative estimate of drug-likeness (QED) is 0.157. The summed E-state index contributed by atoms with van der Waals surface area (Å²) in [5.41, 5.74) is 1.06. The van der Waals surface area contributed by atoms with Crippen LogP contribution in [0.2, 0.25) is 0 Å². The monoisotopic (exact) mass is 546 g/mol. The van der Waals surface area contributed by atoms with Crippen LogP contribution in [0.3, 0.4) is 0 Å². The Balaban J connectivity index is 1.74. The summed E-state index contributed by atoms with van der Waals surface area (Å²) in [6.45, 7) is 0.865. The molecule has 1 heterocycles. The van der Waals surface area contributed by atoms with Gasteiger partial charge in [-0.3, -0.25) is 19.6 Å². The molecule has 2 aromatic carbocycles. The minimum atomic E-state index is -0.370. The third-order valence-electron chi connectivity index (χ3n) is 4.56. The topological polar surface area (TPSA) is 118 Å². The number of fused-ring (bicyclic) bond motifs is 1. The number of benzene rings is 2. The molecule has 8 nitrogen and oxygen atoms in total. The van der Waals surface area contributed by atoms with Crippen LogP contribution in [0.15, 0.2) is 58.3 Å². The maximum Gasteiger partial charge on any atom is 0.258 e. The Labute approximate surface area is 198 Å². The van der Waals surface area contributed by atoms with Crippen LogP contribution >= 0.6 is 22.6 Å². The lowest BCUT2D eigenvalue weighted by atomic mass is 10.1. The number of aromatic nitrogens is 1. The standard InChI is InChI=1S/C23H23IN4O4/c1-28(2)9-3-4-21(30)26-19-8-5-14(10-20(19)29)12-25-13-18-17-11-15(24)6-7-16(17)22(31)27-23(18)32/h3-8,10-11,13,29H,9,12H2,1-2H3,(H,26,30)(H2,27,31,32). The van der Waals surface area contributed by atoms with Gasteiger partial charge in [0.1, 0.15) is 5.75 Å². The van der Waals surface area contributed by atoms with Gasteiger partial charge in [0.05, 0.1) is 17.8 Å². The summed E-state index contributed by atoms with van der Waals surface area (Å²) in [6, 6.07) is 10.2. The number of likely N-dealkylation sites (N-methyl/N-ethyl adjacent to an activating group) is 1. The summed E-state index contributed by atoms with van der Waals surface area (Å²) >= 11 is 2.14. The molecule has 32 heavy (non-hydrogen) atoms. The molecule has 0 saturated carbocycles. The molecule has 0 radical (unpaired) electrons. The van der Waals surface area contributed by atoms with Gasteiger partial charge in [0.2, 0.25) is 11.8 Å². The number of nitrogens with one attached hydrogen (secondary N) is 2. The Kier molecular flexibility index (Phi) is 7.65. The molecule has 0 spiro atoms. The third-order valence-corrected chi connectivity index (χ3v) is 5.23. The zero-order valence-corrected chi connectivity index (χ0v) is 19.8. The fourth-order valence-electron chi connectivity index (χ4n) is 3.01. The number of anilines is 1. The highest BCUT2D eigenvalue weighted by molar-refractivity contribution is 14.1. The Hall–Kier alpha value is -3.18. The van der Waals surface area contributed by atoms with Crippen molar-refractivity contribution >= 4 is 51.2 Å². The summed E-state index contributed by atoms with van der Waals surface area (Å²) < 4.78 is 0.925. The highest BCUT2D eigenvalue weighted by Gasteiger charge is 2.10. The molecule has 0 saturated heterocycles. The van der Waals surface area contributed by atoms with Crippen LogP contribution in [0.1, 0.15) is 11.1 Å². The smallest absolute Gasteiger partial charge is 0.258 e. The molecule has 166 valence electrons. The van der Waals surface area contributed by atoms with Gasteiger partial charge in [0.15, 0.2) is 0 Å². The van der Waals surface area contributed by atoms with Crippen molar-refractivity contribution in [1.82, 2.24) is 9.88 Å². The van der Waals surface area contributed by atoms with Gasteiger partial charge in [-0.05, 0) is 72.6 Å². The molecule has 3 aromatic rings. The first kappa shape index (κ1) is 23.5. The molecular weight excluding hydrogens is 523 g/mol. The van der Waals surface area contributed by atoms with Crippen LogP contribution in [-0.4, -0.2) is 52.9 Å². The van der Waals surface area contributed by atoms with E-state index >= 15 is 0 Å². The normalized spacial score (nSPS) is 11.8. The average molecular weight is 546 g/mol. The molecule has 0 aliphatic carbocycles. The van der Waals surface area contributed by atoms with Crippen molar-refractivity contribution in [3.63, 3.8) is 0 Å². The van der Waals surface area contributed by atoms with Gasteiger partial charge in [-0.1, -0.05) is 12.1 Å². The Morgan fingerprint density at radius 2 is 1.97 bits per heavy atom. The molecule has 0 bridgehead atoms. The molecule has 0 unspecified atom stereocenters. The molecule has 4 N–H and O–H groups in total. The number of phenols is 1. The predicted molar refractivity (Wildman–Crippen MR) is 135 cm³/mol. The zero-order chi connectivity index (χ0) is 23.3. The summed E-state index contributed by atoms with van der Waals surface area (Å²) in [6.07, 6.45) is 4.64. The van der Waals surface area contributed by atoms with E-state index in [9.17, 15) is 19.8 Å². The fourth-order valence-corrected chi connectivity index (χ4v) is 3.50.